The Kier molecular flexibility index (Phi) is 68.7. The molecule has 19 heteroatoms. The number of ether oxygens (including phenoxy) is 4. The van der Waals surface area contributed by atoms with Gasteiger partial charge in [-0.3, -0.25) is 37.3 Å². The van der Waals surface area contributed by atoms with Gasteiger partial charge in [0.25, 0.3) is 0 Å². The molecule has 17 nitrogen and oxygen atoms in total. The molecule has 0 saturated carbocycles. The SMILES string of the molecule is CCCCCCCCCCCCCCCCCCCC(=O)O[C@H](COC(=O)CCCCCCCCCCCCCCCCCC)COP(=O)(O)OC[C@@H](O)COP(=O)(O)OC[C@@H](COC(=O)CCCCCCCCCC(C)C)OC(=O)CCCCCCCCCCCCCCC. The van der Waals surface area contributed by atoms with Crippen LogP contribution < -0.4 is 0 Å². The van der Waals surface area contributed by atoms with E-state index in [1.165, 1.54) is 225 Å². The number of carbonyl (C=O) groups is 4. The van der Waals surface area contributed by atoms with Gasteiger partial charge in [0, 0.05) is 25.7 Å². The molecule has 96 heavy (non-hydrogen) atoms. The van der Waals surface area contributed by atoms with Crippen molar-refractivity contribution < 1.29 is 80.2 Å². The summed E-state index contributed by atoms with van der Waals surface area (Å²) in [6, 6.07) is 0. The fourth-order valence-corrected chi connectivity index (χ4v) is 13.5. The van der Waals surface area contributed by atoms with Gasteiger partial charge in [-0.2, -0.15) is 0 Å². The normalized spacial score (nSPS) is 13.9. The second-order valence-electron chi connectivity index (χ2n) is 28.2. The van der Waals surface area contributed by atoms with E-state index in [0.29, 0.717) is 31.6 Å². The standard InChI is InChI=1S/C77H150O17P2/c1-6-9-12-15-18-21-24-27-29-31-33-36-39-42-47-53-58-63-77(82)93-72(66-87-74(79)60-55-50-45-40-37-35-32-30-28-25-22-19-16-13-10-7-2)68-91-95(83,84)89-64-71(78)65-90-96(85,86)92-69-73(67-88-75(80)61-56-51-48-43-44-49-54-59-70(4)5)94-76(81)62-57-52-46-41-38-34-26-23-20-17-14-11-8-3/h70-73,78H,6-69H2,1-5H3,(H,83,84)(H,85,86)/t71-,72-,73-/m1/s1. The maximum absolute atomic E-state index is 13.1. The van der Waals surface area contributed by atoms with Crippen molar-refractivity contribution in [3.63, 3.8) is 0 Å². The Bertz CT molecular complexity index is 1840. The third-order valence-electron chi connectivity index (χ3n) is 18.0. The molecule has 0 saturated heterocycles. The van der Waals surface area contributed by atoms with Crippen LogP contribution in [0.15, 0.2) is 0 Å². The molecule has 0 radical (unpaired) electrons. The van der Waals surface area contributed by atoms with Crippen molar-refractivity contribution in [2.75, 3.05) is 39.6 Å². The lowest BCUT2D eigenvalue weighted by Crippen LogP contribution is -2.30. The molecule has 0 rings (SSSR count). The summed E-state index contributed by atoms with van der Waals surface area (Å²) in [5.41, 5.74) is 0. The van der Waals surface area contributed by atoms with Crippen molar-refractivity contribution in [1.82, 2.24) is 0 Å². The van der Waals surface area contributed by atoms with E-state index in [9.17, 15) is 43.2 Å². The lowest BCUT2D eigenvalue weighted by molar-refractivity contribution is -0.161. The summed E-state index contributed by atoms with van der Waals surface area (Å²) in [7, 11) is -9.91. The van der Waals surface area contributed by atoms with E-state index in [1.807, 2.05) is 0 Å². The quantitative estimate of drug-likeness (QED) is 0.0222. The molecular weight excluding hydrogens is 1260 g/mol. The number of hydrogen-bond acceptors (Lipinski definition) is 15. The number of rotatable bonds is 77. The monoisotopic (exact) mass is 1410 g/mol. The van der Waals surface area contributed by atoms with Crippen molar-refractivity contribution in [2.24, 2.45) is 5.92 Å². The first-order valence-electron chi connectivity index (χ1n) is 40.1. The molecule has 0 spiro atoms. The Morgan fingerprint density at radius 2 is 0.479 bits per heavy atom. The van der Waals surface area contributed by atoms with Crippen molar-refractivity contribution in [1.29, 1.82) is 0 Å². The Morgan fingerprint density at radius 3 is 0.708 bits per heavy atom. The number of esters is 4. The molecule has 0 aliphatic carbocycles. The Hall–Kier alpha value is -1.94. The lowest BCUT2D eigenvalue weighted by atomic mass is 10.0. The van der Waals surface area contributed by atoms with Gasteiger partial charge in [-0.1, -0.05) is 356 Å². The predicted molar refractivity (Wildman–Crippen MR) is 391 cm³/mol. The van der Waals surface area contributed by atoms with Gasteiger partial charge < -0.3 is 33.8 Å². The summed E-state index contributed by atoms with van der Waals surface area (Å²) >= 11 is 0. The number of phosphoric acid groups is 2. The van der Waals surface area contributed by atoms with Crippen LogP contribution in [0.2, 0.25) is 0 Å². The minimum absolute atomic E-state index is 0.107. The lowest BCUT2D eigenvalue weighted by Gasteiger charge is -2.21. The zero-order valence-corrected chi connectivity index (χ0v) is 64.3. The summed E-state index contributed by atoms with van der Waals surface area (Å²) in [5, 5.41) is 10.6. The number of hydrogen-bond donors (Lipinski definition) is 3. The highest BCUT2D eigenvalue weighted by atomic mass is 31.2. The van der Waals surface area contributed by atoms with Crippen molar-refractivity contribution in [3.8, 4) is 0 Å². The smallest absolute Gasteiger partial charge is 0.462 e. The number of aliphatic hydroxyl groups is 1. The molecule has 0 bridgehead atoms. The molecule has 0 aliphatic rings. The first kappa shape index (κ1) is 94.1. The van der Waals surface area contributed by atoms with E-state index in [0.717, 1.165) is 96.3 Å². The Morgan fingerprint density at radius 1 is 0.281 bits per heavy atom. The number of aliphatic hydroxyl groups excluding tert-OH is 1. The first-order chi connectivity index (χ1) is 46.5. The van der Waals surface area contributed by atoms with Crippen LogP contribution in [0.1, 0.15) is 407 Å². The molecule has 0 fully saturated rings. The average molecular weight is 1410 g/mol. The van der Waals surface area contributed by atoms with Crippen LogP contribution in [0.4, 0.5) is 0 Å². The Labute approximate surface area is 588 Å². The molecule has 3 N–H and O–H groups in total. The van der Waals surface area contributed by atoms with Crippen LogP contribution in [0, 0.1) is 5.92 Å². The Balaban J connectivity index is 5.24. The molecule has 2 unspecified atom stereocenters. The molecule has 0 amide bonds. The zero-order valence-electron chi connectivity index (χ0n) is 62.5. The van der Waals surface area contributed by atoms with Crippen LogP contribution >= 0.6 is 15.6 Å². The second kappa shape index (κ2) is 70.1. The van der Waals surface area contributed by atoms with Crippen LogP contribution in [0.3, 0.4) is 0 Å². The summed E-state index contributed by atoms with van der Waals surface area (Å²) in [4.78, 5) is 72.9. The number of carbonyl (C=O) groups excluding carboxylic acids is 4. The van der Waals surface area contributed by atoms with Gasteiger partial charge >= 0.3 is 39.5 Å². The van der Waals surface area contributed by atoms with E-state index in [-0.39, 0.29) is 25.7 Å². The van der Waals surface area contributed by atoms with E-state index in [4.69, 9.17) is 37.0 Å². The molecule has 0 heterocycles. The van der Waals surface area contributed by atoms with Crippen LogP contribution in [-0.4, -0.2) is 96.7 Å². The molecule has 0 aliphatic heterocycles. The zero-order chi connectivity index (χ0) is 70.5. The maximum Gasteiger partial charge on any atom is 0.472 e. The van der Waals surface area contributed by atoms with Crippen LogP contribution in [0.25, 0.3) is 0 Å². The van der Waals surface area contributed by atoms with Gasteiger partial charge in [-0.15, -0.1) is 0 Å². The summed E-state index contributed by atoms with van der Waals surface area (Å²) in [6.07, 6.45) is 59.6. The highest BCUT2D eigenvalue weighted by Gasteiger charge is 2.30. The second-order valence-corrected chi connectivity index (χ2v) is 31.1. The van der Waals surface area contributed by atoms with Crippen molar-refractivity contribution in [2.45, 2.75) is 425 Å². The largest absolute Gasteiger partial charge is 0.472 e. The molecule has 570 valence electrons. The van der Waals surface area contributed by atoms with Crippen LogP contribution in [0.5, 0.6) is 0 Å². The van der Waals surface area contributed by atoms with E-state index < -0.39 is 97.5 Å². The number of unbranched alkanes of at least 4 members (excludes halogenated alkanes) is 49. The van der Waals surface area contributed by atoms with E-state index in [1.54, 1.807) is 0 Å². The van der Waals surface area contributed by atoms with Gasteiger partial charge in [0.05, 0.1) is 26.4 Å². The van der Waals surface area contributed by atoms with Crippen molar-refractivity contribution in [3.05, 3.63) is 0 Å². The maximum atomic E-state index is 13.1. The summed E-state index contributed by atoms with van der Waals surface area (Å²) < 4.78 is 68.6. The number of phosphoric ester groups is 2. The van der Waals surface area contributed by atoms with Gasteiger partial charge in [-0.25, -0.2) is 9.13 Å². The van der Waals surface area contributed by atoms with E-state index >= 15 is 0 Å². The van der Waals surface area contributed by atoms with Gasteiger partial charge in [0.1, 0.15) is 19.3 Å². The average Bonchev–Trinajstić information content (AvgIpc) is 2.67. The summed E-state index contributed by atoms with van der Waals surface area (Å²) in [6.45, 7) is 7.25. The van der Waals surface area contributed by atoms with Crippen LogP contribution in [-0.2, 0) is 65.4 Å². The fraction of sp³-hybridized carbons (Fsp3) is 0.948. The molecule has 5 atom stereocenters. The third-order valence-corrected chi connectivity index (χ3v) is 19.9. The topological polar surface area (TPSA) is 237 Å². The van der Waals surface area contributed by atoms with Gasteiger partial charge in [-0.05, 0) is 31.6 Å². The summed E-state index contributed by atoms with van der Waals surface area (Å²) in [5.74, 6) is -1.41. The molecule has 0 aromatic heterocycles. The highest BCUT2D eigenvalue weighted by Crippen LogP contribution is 2.45. The molecule has 0 aromatic rings. The van der Waals surface area contributed by atoms with Crippen molar-refractivity contribution >= 4 is 39.5 Å². The third kappa shape index (κ3) is 70.5. The minimum atomic E-state index is -4.96. The minimum Gasteiger partial charge on any atom is -0.462 e. The molecule has 0 aromatic carbocycles. The van der Waals surface area contributed by atoms with Gasteiger partial charge in [0.15, 0.2) is 12.2 Å². The first-order valence-corrected chi connectivity index (χ1v) is 43.1. The fourth-order valence-electron chi connectivity index (χ4n) is 11.9. The highest BCUT2D eigenvalue weighted by molar-refractivity contribution is 7.47. The van der Waals surface area contributed by atoms with Gasteiger partial charge in [0.2, 0.25) is 0 Å². The van der Waals surface area contributed by atoms with E-state index in [2.05, 4.69) is 34.6 Å². The predicted octanol–water partition coefficient (Wildman–Crippen LogP) is 22.9. The molecular formula is C77H150O17P2.